The third kappa shape index (κ3) is 2.96. The Morgan fingerprint density at radius 3 is 3.00 bits per heavy atom. The van der Waals surface area contributed by atoms with E-state index in [0.717, 1.165) is 22.5 Å². The molecule has 0 radical (unpaired) electrons. The van der Waals surface area contributed by atoms with Crippen molar-refractivity contribution in [2.75, 3.05) is 25.1 Å². The lowest BCUT2D eigenvalue weighted by molar-refractivity contribution is 0.274. The second-order valence-electron chi connectivity index (χ2n) is 5.04. The molecule has 106 valence electrons. The number of halogens is 1. The zero-order valence-corrected chi connectivity index (χ0v) is 14.8. The molecule has 1 aromatic carbocycles. The summed E-state index contributed by atoms with van der Waals surface area (Å²) in [4.78, 5) is 8.68. The minimum atomic E-state index is 0.471. The zero-order chi connectivity index (χ0) is 14.1. The molecule has 1 aliphatic rings. The number of hydrogen-bond acceptors (Lipinski definition) is 4. The molecule has 1 aromatic heterocycles. The maximum atomic E-state index is 4.94. The van der Waals surface area contributed by atoms with Gasteiger partial charge in [-0.3, -0.25) is 4.90 Å². The van der Waals surface area contributed by atoms with Crippen molar-refractivity contribution < 1.29 is 0 Å². The van der Waals surface area contributed by atoms with Gasteiger partial charge in [0.25, 0.3) is 0 Å². The molecule has 2 heterocycles. The Morgan fingerprint density at radius 2 is 2.25 bits per heavy atom. The van der Waals surface area contributed by atoms with Crippen molar-refractivity contribution in [3.63, 3.8) is 0 Å². The van der Waals surface area contributed by atoms with E-state index >= 15 is 0 Å². The second-order valence-corrected chi connectivity index (χ2v) is 8.34. The van der Waals surface area contributed by atoms with Gasteiger partial charge in [0.15, 0.2) is 0 Å². The first kappa shape index (κ1) is 14.6. The van der Waals surface area contributed by atoms with Crippen LogP contribution in [0.3, 0.4) is 0 Å². The number of aryl methyl sites for hydroxylation is 1. The number of rotatable bonds is 2. The van der Waals surface area contributed by atoms with Crippen molar-refractivity contribution in [2.45, 2.75) is 13.0 Å². The van der Waals surface area contributed by atoms with E-state index in [2.05, 4.69) is 59.1 Å². The average molecular weight is 369 g/mol. The van der Waals surface area contributed by atoms with Gasteiger partial charge < -0.3 is 0 Å². The molecule has 1 unspecified atom stereocenters. The molecule has 1 atom stereocenters. The molecule has 2 aromatic rings. The Labute approximate surface area is 136 Å². The minimum Gasteiger partial charge on any atom is -0.296 e. The molecule has 1 aliphatic heterocycles. The minimum absolute atomic E-state index is 0.471. The number of benzene rings is 1. The summed E-state index contributed by atoms with van der Waals surface area (Å²) in [5.41, 5.74) is 2.33. The van der Waals surface area contributed by atoms with Crippen LogP contribution in [0.2, 0.25) is 0 Å². The van der Waals surface area contributed by atoms with Crippen LogP contribution in [0.25, 0.3) is 11.3 Å². The quantitative estimate of drug-likeness (QED) is 0.770. The zero-order valence-electron chi connectivity index (χ0n) is 11.6. The summed E-state index contributed by atoms with van der Waals surface area (Å²) in [7, 11) is 2.21. The van der Waals surface area contributed by atoms with Crippen LogP contribution in [-0.4, -0.2) is 35.0 Å². The highest BCUT2D eigenvalue weighted by molar-refractivity contribution is 9.10. The van der Waals surface area contributed by atoms with Gasteiger partial charge in [-0.1, -0.05) is 28.1 Å². The Balaban J connectivity index is 1.94. The predicted octanol–water partition coefficient (Wildman–Crippen LogP) is 4.60. The van der Waals surface area contributed by atoms with Crippen molar-refractivity contribution in [1.82, 2.24) is 9.88 Å². The Bertz CT molecular complexity index is 612. The van der Waals surface area contributed by atoms with Crippen molar-refractivity contribution in [2.24, 2.45) is 0 Å². The largest absolute Gasteiger partial charge is 0.296 e. The molecule has 0 spiro atoms. The van der Waals surface area contributed by atoms with Gasteiger partial charge in [-0.25, -0.2) is 4.98 Å². The predicted molar refractivity (Wildman–Crippen MR) is 92.7 cm³/mol. The van der Waals surface area contributed by atoms with E-state index in [1.54, 1.807) is 0 Å². The number of thiazole rings is 1. The monoisotopic (exact) mass is 368 g/mol. The summed E-state index contributed by atoms with van der Waals surface area (Å²) in [6, 6.07) is 8.87. The molecule has 2 nitrogen and oxygen atoms in total. The molecule has 0 aliphatic carbocycles. The van der Waals surface area contributed by atoms with Gasteiger partial charge in [0.05, 0.1) is 11.7 Å². The lowest BCUT2D eigenvalue weighted by Crippen LogP contribution is -2.32. The molecule has 3 rings (SSSR count). The molecule has 1 fully saturated rings. The highest BCUT2D eigenvalue weighted by atomic mass is 79.9. The summed E-state index contributed by atoms with van der Waals surface area (Å²) in [5, 5.41) is 1.26. The van der Waals surface area contributed by atoms with Gasteiger partial charge in [-0.05, 0) is 26.1 Å². The third-order valence-corrected chi connectivity index (χ3v) is 6.18. The van der Waals surface area contributed by atoms with Crippen LogP contribution in [0.4, 0.5) is 0 Å². The standard InChI is InChI=1S/C15H17BrN2S2/c1-10-14(11-4-3-5-12(16)8-11)17-15(20-10)13-9-19-7-6-18(13)2/h3-5,8,13H,6-7,9H2,1-2H3. The molecule has 20 heavy (non-hydrogen) atoms. The first-order valence-corrected chi connectivity index (χ1v) is 9.43. The highest BCUT2D eigenvalue weighted by Crippen LogP contribution is 2.36. The van der Waals surface area contributed by atoms with Crippen LogP contribution >= 0.6 is 39.0 Å². The van der Waals surface area contributed by atoms with Gasteiger partial charge in [0.2, 0.25) is 0 Å². The number of thioether (sulfide) groups is 1. The maximum absolute atomic E-state index is 4.94. The highest BCUT2D eigenvalue weighted by Gasteiger charge is 2.25. The Kier molecular flexibility index (Phi) is 4.50. The van der Waals surface area contributed by atoms with Crippen molar-refractivity contribution in [3.8, 4) is 11.3 Å². The number of nitrogens with zero attached hydrogens (tertiary/aromatic N) is 2. The summed E-state index contributed by atoms with van der Waals surface area (Å²) < 4.78 is 1.11. The molecule has 0 N–H and O–H groups in total. The molecular weight excluding hydrogens is 352 g/mol. The van der Waals surface area contributed by atoms with Crippen LogP contribution in [0.5, 0.6) is 0 Å². The average Bonchev–Trinajstić information content (AvgIpc) is 2.81. The maximum Gasteiger partial charge on any atom is 0.112 e. The van der Waals surface area contributed by atoms with E-state index in [1.165, 1.54) is 21.2 Å². The van der Waals surface area contributed by atoms with Gasteiger partial charge in [-0.15, -0.1) is 11.3 Å². The van der Waals surface area contributed by atoms with E-state index in [-0.39, 0.29) is 0 Å². The van der Waals surface area contributed by atoms with Crippen LogP contribution < -0.4 is 0 Å². The first-order valence-electron chi connectivity index (χ1n) is 6.66. The fraction of sp³-hybridized carbons (Fsp3) is 0.400. The van der Waals surface area contributed by atoms with E-state index in [1.807, 2.05) is 23.1 Å². The summed E-state index contributed by atoms with van der Waals surface area (Å²) >= 11 is 7.42. The topological polar surface area (TPSA) is 16.1 Å². The van der Waals surface area contributed by atoms with Crippen molar-refractivity contribution in [3.05, 3.63) is 38.6 Å². The van der Waals surface area contributed by atoms with Crippen LogP contribution in [0, 0.1) is 6.92 Å². The second kappa shape index (κ2) is 6.18. The molecule has 1 saturated heterocycles. The third-order valence-electron chi connectivity index (χ3n) is 3.59. The SMILES string of the molecule is Cc1sc(C2CSCCN2C)nc1-c1cccc(Br)c1. The molecular formula is C15H17BrN2S2. The van der Waals surface area contributed by atoms with E-state index < -0.39 is 0 Å². The van der Waals surface area contributed by atoms with Gasteiger partial charge in [0.1, 0.15) is 5.01 Å². The smallest absolute Gasteiger partial charge is 0.112 e. The normalized spacial score (nSPS) is 20.2. The summed E-state index contributed by atoms with van der Waals surface area (Å²) in [6.45, 7) is 3.33. The van der Waals surface area contributed by atoms with Gasteiger partial charge in [-0.2, -0.15) is 11.8 Å². The molecule has 0 amide bonds. The lowest BCUT2D eigenvalue weighted by atomic mass is 10.1. The summed E-state index contributed by atoms with van der Waals surface area (Å²) in [6.07, 6.45) is 0. The van der Waals surface area contributed by atoms with Crippen molar-refractivity contribution in [1.29, 1.82) is 0 Å². The van der Waals surface area contributed by atoms with E-state index in [4.69, 9.17) is 4.98 Å². The van der Waals surface area contributed by atoms with Crippen LogP contribution in [0.1, 0.15) is 15.9 Å². The lowest BCUT2D eigenvalue weighted by Gasteiger charge is -2.30. The number of aromatic nitrogens is 1. The van der Waals surface area contributed by atoms with Gasteiger partial charge >= 0.3 is 0 Å². The van der Waals surface area contributed by atoms with E-state index in [9.17, 15) is 0 Å². The summed E-state index contributed by atoms with van der Waals surface area (Å²) in [5.74, 6) is 2.39. The Hall–Kier alpha value is -0.360. The Morgan fingerprint density at radius 1 is 1.40 bits per heavy atom. The van der Waals surface area contributed by atoms with Crippen LogP contribution in [0.15, 0.2) is 28.7 Å². The fourth-order valence-electron chi connectivity index (χ4n) is 2.41. The molecule has 0 bridgehead atoms. The van der Waals surface area contributed by atoms with E-state index in [0.29, 0.717) is 6.04 Å². The van der Waals surface area contributed by atoms with Crippen molar-refractivity contribution >= 4 is 39.0 Å². The molecule has 5 heteroatoms. The number of hydrogen-bond donors (Lipinski definition) is 0. The van der Waals surface area contributed by atoms with Crippen LogP contribution in [-0.2, 0) is 0 Å². The molecule has 0 saturated carbocycles. The first-order chi connectivity index (χ1) is 9.65. The fourth-order valence-corrected chi connectivity index (χ4v) is 5.24. The van der Waals surface area contributed by atoms with Gasteiger partial charge in [0, 0.05) is 33.0 Å².